The highest BCUT2D eigenvalue weighted by Crippen LogP contribution is 2.49. The molecular formula is C28H29NO5S. The van der Waals surface area contributed by atoms with Crippen LogP contribution in [0.2, 0.25) is 0 Å². The van der Waals surface area contributed by atoms with Crippen molar-refractivity contribution in [3.63, 3.8) is 0 Å². The number of nitrogens with zero attached hydrogens (tertiary/aromatic N) is 1. The number of anilines is 1. The number of fused-ring (bicyclic) bond motifs is 1. The Bertz CT molecular complexity index is 1360. The van der Waals surface area contributed by atoms with Crippen LogP contribution >= 0.6 is 0 Å². The lowest BCUT2D eigenvalue weighted by molar-refractivity contribution is -0.121. The Morgan fingerprint density at radius 3 is 2.14 bits per heavy atom. The SMILES string of the molecule is Cc1ccc2c(c1)[C@@](CCS(=O)(=O)c1ccccc1)(c1ccccc1)C(=O)N2C(=O)OC(C)(C)C. The molecule has 0 aliphatic carbocycles. The first-order chi connectivity index (χ1) is 16.5. The first-order valence-corrected chi connectivity index (χ1v) is 13.1. The Balaban J connectivity index is 1.87. The minimum atomic E-state index is -3.68. The summed E-state index contributed by atoms with van der Waals surface area (Å²) >= 11 is 0. The fourth-order valence-corrected chi connectivity index (χ4v) is 5.89. The smallest absolute Gasteiger partial charge is 0.421 e. The van der Waals surface area contributed by atoms with Crippen LogP contribution in [0.4, 0.5) is 10.5 Å². The molecule has 2 amide bonds. The average molecular weight is 492 g/mol. The largest absolute Gasteiger partial charge is 0.443 e. The van der Waals surface area contributed by atoms with E-state index in [0.29, 0.717) is 16.8 Å². The molecule has 1 aliphatic heterocycles. The van der Waals surface area contributed by atoms with Crippen molar-refractivity contribution in [1.29, 1.82) is 0 Å². The highest BCUT2D eigenvalue weighted by atomic mass is 32.2. The normalized spacial score (nSPS) is 17.8. The van der Waals surface area contributed by atoms with Gasteiger partial charge in [0.2, 0.25) is 0 Å². The minimum absolute atomic E-state index is 0.0250. The molecule has 0 unspecified atom stereocenters. The summed E-state index contributed by atoms with van der Waals surface area (Å²) in [6, 6.07) is 22.7. The fourth-order valence-electron chi connectivity index (χ4n) is 4.51. The van der Waals surface area contributed by atoms with Gasteiger partial charge in [-0.25, -0.2) is 18.1 Å². The van der Waals surface area contributed by atoms with E-state index in [1.807, 2.05) is 37.3 Å². The third kappa shape index (κ3) is 4.60. The third-order valence-electron chi connectivity index (χ3n) is 6.11. The van der Waals surface area contributed by atoms with Crippen LogP contribution in [0.1, 0.15) is 43.9 Å². The van der Waals surface area contributed by atoms with Crippen LogP contribution in [0.3, 0.4) is 0 Å². The van der Waals surface area contributed by atoms with Gasteiger partial charge in [-0.2, -0.15) is 0 Å². The molecule has 0 saturated carbocycles. The van der Waals surface area contributed by atoms with Gasteiger partial charge in [0.05, 0.1) is 16.3 Å². The number of imide groups is 1. The first-order valence-electron chi connectivity index (χ1n) is 11.5. The van der Waals surface area contributed by atoms with E-state index in [4.69, 9.17) is 4.74 Å². The van der Waals surface area contributed by atoms with Crippen LogP contribution in [0.25, 0.3) is 0 Å². The molecule has 3 aromatic rings. The monoisotopic (exact) mass is 491 g/mol. The molecule has 35 heavy (non-hydrogen) atoms. The van der Waals surface area contributed by atoms with Crippen molar-refractivity contribution in [3.8, 4) is 0 Å². The van der Waals surface area contributed by atoms with Gasteiger partial charge in [0, 0.05) is 0 Å². The van der Waals surface area contributed by atoms with Gasteiger partial charge in [0.25, 0.3) is 5.91 Å². The summed E-state index contributed by atoms with van der Waals surface area (Å²) in [5, 5.41) is 0. The van der Waals surface area contributed by atoms with E-state index >= 15 is 0 Å². The van der Waals surface area contributed by atoms with Gasteiger partial charge in [-0.1, -0.05) is 66.2 Å². The van der Waals surface area contributed by atoms with Gasteiger partial charge in [0.1, 0.15) is 11.0 Å². The number of rotatable bonds is 5. The van der Waals surface area contributed by atoms with E-state index in [1.54, 1.807) is 69.3 Å². The Kier molecular flexibility index (Phi) is 6.32. The quantitative estimate of drug-likeness (QED) is 0.476. The molecular weight excluding hydrogens is 462 g/mol. The Hall–Kier alpha value is -3.45. The molecule has 6 nitrogen and oxygen atoms in total. The lowest BCUT2D eigenvalue weighted by atomic mass is 9.73. The Morgan fingerprint density at radius 1 is 0.943 bits per heavy atom. The molecule has 0 aromatic heterocycles. The third-order valence-corrected chi connectivity index (χ3v) is 7.84. The van der Waals surface area contributed by atoms with Crippen molar-refractivity contribution in [3.05, 3.63) is 95.6 Å². The number of aryl methyl sites for hydroxylation is 1. The van der Waals surface area contributed by atoms with Crippen molar-refractivity contribution < 1.29 is 22.7 Å². The van der Waals surface area contributed by atoms with Crippen molar-refractivity contribution in [2.24, 2.45) is 0 Å². The molecule has 0 fully saturated rings. The summed E-state index contributed by atoms with van der Waals surface area (Å²) < 4.78 is 32.0. The molecule has 4 rings (SSSR count). The van der Waals surface area contributed by atoms with Crippen molar-refractivity contribution in [1.82, 2.24) is 0 Å². The summed E-state index contributed by atoms with van der Waals surface area (Å²) in [5.74, 6) is -0.783. The number of hydrogen-bond donors (Lipinski definition) is 0. The maximum atomic E-state index is 14.2. The zero-order valence-corrected chi connectivity index (χ0v) is 21.1. The molecule has 1 aliphatic rings. The minimum Gasteiger partial charge on any atom is -0.443 e. The second-order valence-corrected chi connectivity index (χ2v) is 11.9. The van der Waals surface area contributed by atoms with Gasteiger partial charge in [-0.15, -0.1) is 0 Å². The Morgan fingerprint density at radius 2 is 1.54 bits per heavy atom. The second kappa shape index (κ2) is 8.96. The number of benzene rings is 3. The van der Waals surface area contributed by atoms with E-state index in [1.165, 1.54) is 0 Å². The van der Waals surface area contributed by atoms with Crippen LogP contribution < -0.4 is 4.90 Å². The van der Waals surface area contributed by atoms with Crippen LogP contribution in [-0.2, 0) is 24.8 Å². The van der Waals surface area contributed by atoms with Gasteiger partial charge in [-0.05, 0) is 63.4 Å². The number of ether oxygens (including phenoxy) is 1. The zero-order valence-electron chi connectivity index (χ0n) is 20.3. The molecule has 0 radical (unpaired) electrons. The van der Waals surface area contributed by atoms with Gasteiger partial charge >= 0.3 is 6.09 Å². The molecule has 0 bridgehead atoms. The van der Waals surface area contributed by atoms with E-state index < -0.39 is 32.9 Å². The van der Waals surface area contributed by atoms with Crippen molar-refractivity contribution in [2.75, 3.05) is 10.7 Å². The molecule has 0 spiro atoms. The van der Waals surface area contributed by atoms with Crippen molar-refractivity contribution in [2.45, 2.75) is 50.0 Å². The topological polar surface area (TPSA) is 80.8 Å². The zero-order chi connectivity index (χ0) is 25.4. The second-order valence-electron chi connectivity index (χ2n) is 9.79. The number of sulfone groups is 1. The maximum Gasteiger partial charge on any atom is 0.421 e. The highest BCUT2D eigenvalue weighted by Gasteiger charge is 2.55. The van der Waals surface area contributed by atoms with E-state index in [0.717, 1.165) is 10.5 Å². The van der Waals surface area contributed by atoms with Gasteiger partial charge in [0.15, 0.2) is 9.84 Å². The molecule has 3 aromatic carbocycles. The predicted molar refractivity (Wildman–Crippen MR) is 135 cm³/mol. The molecule has 7 heteroatoms. The van der Waals surface area contributed by atoms with Gasteiger partial charge < -0.3 is 4.74 Å². The lowest BCUT2D eigenvalue weighted by Crippen LogP contribution is -2.46. The molecule has 0 saturated heterocycles. The maximum absolute atomic E-state index is 14.2. The van der Waals surface area contributed by atoms with Crippen molar-refractivity contribution >= 4 is 27.5 Å². The Labute approximate surface area is 206 Å². The standard InChI is InChI=1S/C28H29NO5S/c1-20-15-16-24-23(19-20)28(21-11-7-5-8-12-21,25(30)29(24)26(31)34-27(2,3)4)17-18-35(32,33)22-13-9-6-10-14-22/h5-16,19H,17-18H2,1-4H3/t28-/m1/s1. The summed E-state index contributed by atoms with van der Waals surface area (Å²) in [7, 11) is -3.68. The van der Waals surface area contributed by atoms with E-state index in [2.05, 4.69) is 0 Å². The summed E-state index contributed by atoms with van der Waals surface area (Å²) in [6.07, 6.45) is -0.806. The molecule has 1 atom stereocenters. The number of hydrogen-bond acceptors (Lipinski definition) is 5. The number of amides is 2. The summed E-state index contributed by atoms with van der Waals surface area (Å²) in [5.41, 5.74) is 0.372. The van der Waals surface area contributed by atoms with Crippen LogP contribution in [-0.4, -0.2) is 31.8 Å². The number of carbonyl (C=O) groups excluding carboxylic acids is 2. The van der Waals surface area contributed by atoms with Crippen LogP contribution in [0, 0.1) is 6.92 Å². The van der Waals surface area contributed by atoms with Crippen LogP contribution in [0.15, 0.2) is 83.8 Å². The first kappa shape index (κ1) is 24.7. The number of carbonyl (C=O) groups is 2. The molecule has 1 heterocycles. The fraction of sp³-hybridized carbons (Fsp3) is 0.286. The average Bonchev–Trinajstić information content (AvgIpc) is 3.05. The van der Waals surface area contributed by atoms with E-state index in [-0.39, 0.29) is 17.1 Å². The van der Waals surface area contributed by atoms with E-state index in [9.17, 15) is 18.0 Å². The highest BCUT2D eigenvalue weighted by molar-refractivity contribution is 7.91. The van der Waals surface area contributed by atoms with Crippen LogP contribution in [0.5, 0.6) is 0 Å². The van der Waals surface area contributed by atoms with Gasteiger partial charge in [-0.3, -0.25) is 4.79 Å². The summed E-state index contributed by atoms with van der Waals surface area (Å²) in [6.45, 7) is 7.10. The molecule has 0 N–H and O–H groups in total. The molecule has 182 valence electrons. The lowest BCUT2D eigenvalue weighted by Gasteiger charge is -2.30. The summed E-state index contributed by atoms with van der Waals surface area (Å²) in [4.78, 5) is 28.7. The predicted octanol–water partition coefficient (Wildman–Crippen LogP) is 5.43.